The Labute approximate surface area is 116 Å². The molecule has 1 aromatic heterocycles. The molecule has 94 valence electrons. The minimum atomic E-state index is -0.555. The van der Waals surface area contributed by atoms with Crippen LogP contribution in [-0.4, -0.2) is 9.55 Å². The highest BCUT2D eigenvalue weighted by Gasteiger charge is 2.12. The van der Waals surface area contributed by atoms with Gasteiger partial charge >= 0.3 is 5.69 Å². The molecule has 6 heteroatoms. The van der Waals surface area contributed by atoms with Crippen LogP contribution in [0.4, 0.5) is 0 Å². The van der Waals surface area contributed by atoms with E-state index in [1.54, 1.807) is 0 Å². The number of hydrogen-bond acceptors (Lipinski definition) is 2. The predicted molar refractivity (Wildman–Crippen MR) is 74.8 cm³/mol. The SMILES string of the molecule is Cc1cc(C)c(-n2c(=O)cc(Cl)[nH]c2=O)c(Br)c1. The van der Waals surface area contributed by atoms with E-state index in [0.29, 0.717) is 10.2 Å². The Balaban J connectivity index is 2.87. The van der Waals surface area contributed by atoms with Gasteiger partial charge in [0.25, 0.3) is 5.56 Å². The van der Waals surface area contributed by atoms with Crippen LogP contribution in [0.1, 0.15) is 11.1 Å². The summed E-state index contributed by atoms with van der Waals surface area (Å²) in [6.07, 6.45) is 0. The quantitative estimate of drug-likeness (QED) is 0.818. The summed E-state index contributed by atoms with van der Waals surface area (Å²) in [6, 6.07) is 4.93. The van der Waals surface area contributed by atoms with Gasteiger partial charge in [-0.2, -0.15) is 0 Å². The van der Waals surface area contributed by atoms with Crippen molar-refractivity contribution in [2.24, 2.45) is 0 Å². The van der Waals surface area contributed by atoms with E-state index in [2.05, 4.69) is 20.9 Å². The molecule has 18 heavy (non-hydrogen) atoms. The molecule has 0 amide bonds. The summed E-state index contributed by atoms with van der Waals surface area (Å²) in [4.78, 5) is 26.1. The van der Waals surface area contributed by atoms with Crippen molar-refractivity contribution in [3.63, 3.8) is 0 Å². The fraction of sp³-hybridized carbons (Fsp3) is 0.167. The van der Waals surface area contributed by atoms with Gasteiger partial charge in [0.05, 0.1) is 5.69 Å². The van der Waals surface area contributed by atoms with Gasteiger partial charge < -0.3 is 0 Å². The van der Waals surface area contributed by atoms with Crippen LogP contribution < -0.4 is 11.2 Å². The van der Waals surface area contributed by atoms with Crippen molar-refractivity contribution in [1.82, 2.24) is 9.55 Å². The van der Waals surface area contributed by atoms with Crippen molar-refractivity contribution >= 4 is 27.5 Å². The van der Waals surface area contributed by atoms with Gasteiger partial charge in [-0.25, -0.2) is 9.36 Å². The van der Waals surface area contributed by atoms with Crippen LogP contribution in [0, 0.1) is 13.8 Å². The molecular weight excluding hydrogens is 320 g/mol. The van der Waals surface area contributed by atoms with Gasteiger partial charge in [0.2, 0.25) is 0 Å². The molecule has 1 aromatic carbocycles. The Morgan fingerprint density at radius 1 is 1.22 bits per heavy atom. The Hall–Kier alpha value is -1.33. The van der Waals surface area contributed by atoms with Crippen molar-refractivity contribution in [3.05, 3.63) is 59.8 Å². The first-order chi connectivity index (χ1) is 8.40. The normalized spacial score (nSPS) is 10.7. The summed E-state index contributed by atoms with van der Waals surface area (Å²) in [7, 11) is 0. The Morgan fingerprint density at radius 2 is 1.89 bits per heavy atom. The highest BCUT2D eigenvalue weighted by molar-refractivity contribution is 9.10. The van der Waals surface area contributed by atoms with E-state index >= 15 is 0 Å². The summed E-state index contributed by atoms with van der Waals surface area (Å²) in [5.41, 5.74) is 1.39. The molecule has 2 rings (SSSR count). The van der Waals surface area contributed by atoms with E-state index in [-0.39, 0.29) is 5.15 Å². The monoisotopic (exact) mass is 328 g/mol. The van der Waals surface area contributed by atoms with Crippen molar-refractivity contribution in [2.45, 2.75) is 13.8 Å². The molecule has 0 atom stereocenters. The van der Waals surface area contributed by atoms with Crippen LogP contribution in [0.3, 0.4) is 0 Å². The van der Waals surface area contributed by atoms with Gasteiger partial charge in [-0.05, 0) is 47.0 Å². The van der Waals surface area contributed by atoms with Gasteiger partial charge in [-0.3, -0.25) is 9.78 Å². The molecule has 0 bridgehead atoms. The lowest BCUT2D eigenvalue weighted by atomic mass is 10.1. The van der Waals surface area contributed by atoms with Crippen LogP contribution >= 0.6 is 27.5 Å². The van der Waals surface area contributed by atoms with E-state index in [0.717, 1.165) is 15.7 Å². The number of rotatable bonds is 1. The lowest BCUT2D eigenvalue weighted by Crippen LogP contribution is -2.33. The van der Waals surface area contributed by atoms with Crippen LogP contribution in [0.15, 0.2) is 32.3 Å². The number of hydrogen-bond donors (Lipinski definition) is 1. The first-order valence-electron chi connectivity index (χ1n) is 5.19. The van der Waals surface area contributed by atoms with Gasteiger partial charge in [0.15, 0.2) is 0 Å². The third-order valence-electron chi connectivity index (χ3n) is 2.52. The molecule has 0 aliphatic heterocycles. The van der Waals surface area contributed by atoms with Gasteiger partial charge in [0, 0.05) is 10.5 Å². The van der Waals surface area contributed by atoms with Gasteiger partial charge in [-0.15, -0.1) is 0 Å². The topological polar surface area (TPSA) is 54.9 Å². The van der Waals surface area contributed by atoms with E-state index in [4.69, 9.17) is 11.6 Å². The summed E-state index contributed by atoms with van der Waals surface area (Å²) in [6.45, 7) is 3.78. The fourth-order valence-electron chi connectivity index (χ4n) is 1.87. The molecule has 0 saturated carbocycles. The summed E-state index contributed by atoms with van der Waals surface area (Å²) in [5, 5.41) is 0.0298. The molecule has 0 radical (unpaired) electrons. The third kappa shape index (κ3) is 2.28. The Bertz CT molecular complexity index is 679. The number of nitrogens with zero attached hydrogens (tertiary/aromatic N) is 1. The maximum atomic E-state index is 11.9. The second-order valence-electron chi connectivity index (χ2n) is 4.01. The summed E-state index contributed by atoms with van der Waals surface area (Å²) >= 11 is 9.01. The number of aromatic amines is 1. The van der Waals surface area contributed by atoms with E-state index < -0.39 is 11.2 Å². The molecule has 0 spiro atoms. The molecule has 0 saturated heterocycles. The average Bonchev–Trinajstić information content (AvgIpc) is 2.20. The van der Waals surface area contributed by atoms with Crippen LogP contribution in [0.2, 0.25) is 5.15 Å². The van der Waals surface area contributed by atoms with Crippen LogP contribution in [0.25, 0.3) is 5.69 Å². The number of halogens is 2. The maximum Gasteiger partial charge on any atom is 0.334 e. The van der Waals surface area contributed by atoms with Gasteiger partial charge in [0.1, 0.15) is 5.15 Å². The zero-order valence-corrected chi connectivity index (χ0v) is 12.1. The van der Waals surface area contributed by atoms with E-state index in [1.807, 2.05) is 26.0 Å². The first-order valence-corrected chi connectivity index (χ1v) is 6.36. The molecule has 0 unspecified atom stereocenters. The smallest absolute Gasteiger partial charge is 0.297 e. The number of aromatic nitrogens is 2. The van der Waals surface area contributed by atoms with Crippen molar-refractivity contribution < 1.29 is 0 Å². The molecule has 0 aliphatic rings. The fourth-order valence-corrected chi connectivity index (χ4v) is 2.90. The molecule has 4 nitrogen and oxygen atoms in total. The predicted octanol–water partition coefficient (Wildman–Crippen LogP) is 2.56. The largest absolute Gasteiger partial charge is 0.334 e. The standard InChI is InChI=1S/C12H10BrClN2O2/c1-6-3-7(2)11(8(13)4-6)16-10(17)5-9(14)15-12(16)18/h3-5H,1-2H3,(H,15,18). The highest BCUT2D eigenvalue weighted by Crippen LogP contribution is 2.24. The minimum absolute atomic E-state index is 0.0298. The lowest BCUT2D eigenvalue weighted by Gasteiger charge is -2.11. The van der Waals surface area contributed by atoms with E-state index in [1.165, 1.54) is 6.07 Å². The zero-order chi connectivity index (χ0) is 13.4. The molecular formula is C12H10BrClN2O2. The molecule has 1 N–H and O–H groups in total. The minimum Gasteiger partial charge on any atom is -0.297 e. The van der Waals surface area contributed by atoms with Crippen molar-refractivity contribution in [3.8, 4) is 5.69 Å². The zero-order valence-electron chi connectivity index (χ0n) is 9.75. The van der Waals surface area contributed by atoms with Crippen molar-refractivity contribution in [1.29, 1.82) is 0 Å². The lowest BCUT2D eigenvalue weighted by molar-refractivity contribution is 0.864. The number of nitrogens with one attached hydrogen (secondary N) is 1. The average molecular weight is 330 g/mol. The summed E-state index contributed by atoms with van der Waals surface area (Å²) in [5.74, 6) is 0. The van der Waals surface area contributed by atoms with Gasteiger partial charge in [-0.1, -0.05) is 17.7 Å². The maximum absolute atomic E-state index is 11.9. The van der Waals surface area contributed by atoms with E-state index in [9.17, 15) is 9.59 Å². The summed E-state index contributed by atoms with van der Waals surface area (Å²) < 4.78 is 1.75. The van der Waals surface area contributed by atoms with Crippen LogP contribution in [0.5, 0.6) is 0 Å². The molecule has 0 fully saturated rings. The highest BCUT2D eigenvalue weighted by atomic mass is 79.9. The third-order valence-corrected chi connectivity index (χ3v) is 3.33. The van der Waals surface area contributed by atoms with Crippen LogP contribution in [-0.2, 0) is 0 Å². The number of H-pyrrole nitrogens is 1. The Kier molecular flexibility index (Phi) is 3.45. The second kappa shape index (κ2) is 4.74. The molecule has 1 heterocycles. The number of aryl methyl sites for hydroxylation is 2. The van der Waals surface area contributed by atoms with Crippen molar-refractivity contribution in [2.75, 3.05) is 0 Å². The molecule has 2 aromatic rings. The second-order valence-corrected chi connectivity index (χ2v) is 5.27. The first kappa shape index (κ1) is 13.1. The number of benzene rings is 1. The molecule has 0 aliphatic carbocycles. The Morgan fingerprint density at radius 3 is 2.44 bits per heavy atom.